The van der Waals surface area contributed by atoms with Gasteiger partial charge in [-0.2, -0.15) is 0 Å². The molecule has 0 saturated heterocycles. The Labute approximate surface area is 127 Å². The minimum absolute atomic E-state index is 0.0981. The average Bonchev–Trinajstić information content (AvgIpc) is 2.96. The predicted molar refractivity (Wildman–Crippen MR) is 83.2 cm³/mol. The van der Waals surface area contributed by atoms with E-state index in [0.717, 1.165) is 6.42 Å². The third-order valence-electron chi connectivity index (χ3n) is 3.14. The first kappa shape index (κ1) is 15.5. The van der Waals surface area contributed by atoms with Gasteiger partial charge in [0.05, 0.1) is 0 Å². The number of nitrogens with one attached hydrogen (secondary N) is 1. The molecule has 0 radical (unpaired) electrons. The zero-order chi connectivity index (χ0) is 15.2. The van der Waals surface area contributed by atoms with Gasteiger partial charge in [-0.15, -0.1) is 11.3 Å². The van der Waals surface area contributed by atoms with E-state index in [9.17, 15) is 4.39 Å². The minimum Gasteiger partial charge on any atom is -0.409 e. The SMILES string of the molecule is CCc1ccc(CNCc2ccc(/C(N)=N/O)cc2F)s1. The molecule has 1 aromatic heterocycles. The van der Waals surface area contributed by atoms with E-state index in [-0.39, 0.29) is 11.7 Å². The van der Waals surface area contributed by atoms with Crippen molar-refractivity contribution in [1.29, 1.82) is 0 Å². The fraction of sp³-hybridized carbons (Fsp3) is 0.267. The molecule has 0 atom stereocenters. The van der Waals surface area contributed by atoms with E-state index in [0.29, 0.717) is 24.2 Å². The largest absolute Gasteiger partial charge is 0.409 e. The Morgan fingerprint density at radius 1 is 1.29 bits per heavy atom. The molecule has 6 heteroatoms. The smallest absolute Gasteiger partial charge is 0.170 e. The van der Waals surface area contributed by atoms with Crippen molar-refractivity contribution in [3.8, 4) is 0 Å². The molecule has 0 amide bonds. The lowest BCUT2D eigenvalue weighted by Gasteiger charge is -2.06. The first-order valence-corrected chi connectivity index (χ1v) is 7.50. The highest BCUT2D eigenvalue weighted by Gasteiger charge is 2.06. The van der Waals surface area contributed by atoms with Crippen LogP contribution < -0.4 is 11.1 Å². The fourth-order valence-electron chi connectivity index (χ4n) is 1.94. The lowest BCUT2D eigenvalue weighted by Crippen LogP contribution is -2.16. The third-order valence-corrected chi connectivity index (χ3v) is 4.37. The lowest BCUT2D eigenvalue weighted by molar-refractivity contribution is 0.318. The van der Waals surface area contributed by atoms with Gasteiger partial charge in [0.15, 0.2) is 5.84 Å². The number of halogens is 1. The van der Waals surface area contributed by atoms with Gasteiger partial charge in [0, 0.05) is 34.0 Å². The lowest BCUT2D eigenvalue weighted by atomic mass is 10.1. The monoisotopic (exact) mass is 307 g/mol. The van der Waals surface area contributed by atoms with Gasteiger partial charge in [0.25, 0.3) is 0 Å². The highest BCUT2D eigenvalue weighted by molar-refractivity contribution is 7.11. The Morgan fingerprint density at radius 3 is 2.67 bits per heavy atom. The summed E-state index contributed by atoms with van der Waals surface area (Å²) in [4.78, 5) is 2.58. The first-order valence-electron chi connectivity index (χ1n) is 6.68. The van der Waals surface area contributed by atoms with E-state index in [4.69, 9.17) is 10.9 Å². The average molecular weight is 307 g/mol. The summed E-state index contributed by atoms with van der Waals surface area (Å²) in [5, 5.41) is 14.6. The van der Waals surface area contributed by atoms with Crippen LogP contribution in [-0.2, 0) is 19.5 Å². The van der Waals surface area contributed by atoms with Crippen LogP contribution in [0.4, 0.5) is 4.39 Å². The van der Waals surface area contributed by atoms with Crippen LogP contribution >= 0.6 is 11.3 Å². The van der Waals surface area contributed by atoms with Crippen molar-refractivity contribution >= 4 is 17.2 Å². The second-order valence-electron chi connectivity index (χ2n) is 4.62. The molecule has 112 valence electrons. The summed E-state index contributed by atoms with van der Waals surface area (Å²) in [7, 11) is 0. The molecule has 2 aromatic rings. The maximum Gasteiger partial charge on any atom is 0.170 e. The van der Waals surface area contributed by atoms with E-state index in [1.807, 2.05) is 0 Å². The molecule has 1 heterocycles. The number of nitrogens with zero attached hydrogens (tertiary/aromatic N) is 1. The standard InChI is InChI=1S/C15H18FN3OS/c1-2-12-5-6-13(21-12)9-18-8-11-4-3-10(7-14(11)16)15(17)19-20/h3-7,18,20H,2,8-9H2,1H3,(H2,17,19). The maximum absolute atomic E-state index is 13.9. The molecule has 0 fully saturated rings. The van der Waals surface area contributed by atoms with Crippen LogP contribution in [0, 0.1) is 5.82 Å². The number of amidine groups is 1. The second-order valence-corrected chi connectivity index (χ2v) is 5.87. The molecular weight excluding hydrogens is 289 g/mol. The van der Waals surface area contributed by atoms with Gasteiger partial charge in [0.2, 0.25) is 0 Å². The van der Waals surface area contributed by atoms with Crippen molar-refractivity contribution in [2.24, 2.45) is 10.9 Å². The summed E-state index contributed by atoms with van der Waals surface area (Å²) in [5.74, 6) is -0.467. The van der Waals surface area contributed by atoms with E-state index < -0.39 is 0 Å². The maximum atomic E-state index is 13.9. The second kappa shape index (κ2) is 7.19. The Bertz CT molecular complexity index is 640. The Balaban J connectivity index is 1.94. The fourth-order valence-corrected chi connectivity index (χ4v) is 2.86. The number of nitrogens with two attached hydrogens (primary N) is 1. The van der Waals surface area contributed by atoms with Gasteiger partial charge in [-0.3, -0.25) is 0 Å². The van der Waals surface area contributed by atoms with Crippen LogP contribution in [0.5, 0.6) is 0 Å². The number of thiophene rings is 1. The van der Waals surface area contributed by atoms with Crippen LogP contribution in [0.3, 0.4) is 0 Å². The molecule has 1 aromatic carbocycles. The van der Waals surface area contributed by atoms with Gasteiger partial charge in [-0.1, -0.05) is 24.2 Å². The Hall–Kier alpha value is -1.92. The third kappa shape index (κ3) is 4.03. The topological polar surface area (TPSA) is 70.6 Å². The summed E-state index contributed by atoms with van der Waals surface area (Å²) in [5.41, 5.74) is 6.34. The predicted octanol–water partition coefficient (Wildman–Crippen LogP) is 2.83. The highest BCUT2D eigenvalue weighted by atomic mass is 32.1. The Morgan fingerprint density at radius 2 is 2.05 bits per heavy atom. The molecule has 0 saturated carbocycles. The molecule has 0 aliphatic rings. The summed E-state index contributed by atoms with van der Waals surface area (Å²) in [6.45, 7) is 3.27. The molecule has 0 aliphatic heterocycles. The van der Waals surface area contributed by atoms with Crippen molar-refractivity contribution in [2.45, 2.75) is 26.4 Å². The zero-order valence-electron chi connectivity index (χ0n) is 11.8. The van der Waals surface area contributed by atoms with Gasteiger partial charge < -0.3 is 16.3 Å². The normalized spacial score (nSPS) is 11.8. The molecule has 0 bridgehead atoms. The minimum atomic E-state index is -0.368. The summed E-state index contributed by atoms with van der Waals surface area (Å²) in [6, 6.07) is 8.76. The van der Waals surface area contributed by atoms with Crippen LogP contribution in [0.15, 0.2) is 35.5 Å². The summed E-state index contributed by atoms with van der Waals surface area (Å²) < 4.78 is 13.9. The van der Waals surface area contributed by atoms with E-state index in [1.165, 1.54) is 15.8 Å². The van der Waals surface area contributed by atoms with Crippen LogP contribution in [0.25, 0.3) is 0 Å². The number of benzene rings is 1. The van der Waals surface area contributed by atoms with Crippen LogP contribution in [0.2, 0.25) is 0 Å². The van der Waals surface area contributed by atoms with Crippen LogP contribution in [0.1, 0.15) is 27.8 Å². The molecular formula is C15H18FN3OS. The highest BCUT2D eigenvalue weighted by Crippen LogP contribution is 2.17. The molecule has 2 rings (SSSR count). The molecule has 0 unspecified atom stereocenters. The molecule has 0 spiro atoms. The summed E-state index contributed by atoms with van der Waals surface area (Å²) >= 11 is 1.77. The van der Waals surface area contributed by atoms with E-state index >= 15 is 0 Å². The molecule has 0 aliphatic carbocycles. The van der Waals surface area contributed by atoms with Crippen LogP contribution in [-0.4, -0.2) is 11.0 Å². The Kier molecular flexibility index (Phi) is 5.30. The molecule has 21 heavy (non-hydrogen) atoms. The number of hydrogen-bond acceptors (Lipinski definition) is 4. The first-order chi connectivity index (χ1) is 10.1. The van der Waals surface area contributed by atoms with Gasteiger partial charge in [0.1, 0.15) is 5.82 Å². The van der Waals surface area contributed by atoms with E-state index in [2.05, 4.69) is 29.5 Å². The number of aryl methyl sites for hydroxylation is 1. The van der Waals surface area contributed by atoms with Gasteiger partial charge in [-0.25, -0.2) is 4.39 Å². The molecule has 4 nitrogen and oxygen atoms in total. The van der Waals surface area contributed by atoms with Crippen molar-refractivity contribution in [2.75, 3.05) is 0 Å². The van der Waals surface area contributed by atoms with Crippen molar-refractivity contribution in [3.63, 3.8) is 0 Å². The molecule has 4 N–H and O–H groups in total. The number of rotatable bonds is 6. The number of oxime groups is 1. The van der Waals surface area contributed by atoms with Crippen molar-refractivity contribution in [3.05, 3.63) is 57.0 Å². The van der Waals surface area contributed by atoms with Gasteiger partial charge >= 0.3 is 0 Å². The van der Waals surface area contributed by atoms with E-state index in [1.54, 1.807) is 23.5 Å². The quantitative estimate of drug-likeness (QED) is 0.333. The zero-order valence-corrected chi connectivity index (χ0v) is 12.6. The number of hydrogen-bond donors (Lipinski definition) is 3. The van der Waals surface area contributed by atoms with Crippen molar-refractivity contribution < 1.29 is 9.60 Å². The summed E-state index contributed by atoms with van der Waals surface area (Å²) in [6.07, 6.45) is 1.04. The van der Waals surface area contributed by atoms with Crippen molar-refractivity contribution in [1.82, 2.24) is 5.32 Å². The van der Waals surface area contributed by atoms with Gasteiger partial charge in [-0.05, 0) is 24.6 Å².